The fourth-order valence-electron chi connectivity index (χ4n) is 4.29. The molecular formula is C27H24N4O2. The van der Waals surface area contributed by atoms with Crippen molar-refractivity contribution in [3.8, 4) is 11.8 Å². The number of nitrogens with zero attached hydrogens (tertiary/aromatic N) is 4. The van der Waals surface area contributed by atoms with E-state index in [1.165, 1.54) is 5.56 Å². The molecule has 0 aliphatic carbocycles. The second kappa shape index (κ2) is 9.17. The second-order valence-corrected chi connectivity index (χ2v) is 8.31. The van der Waals surface area contributed by atoms with E-state index in [0.717, 1.165) is 30.4 Å². The number of rotatable bonds is 5. The average molecular weight is 437 g/mol. The van der Waals surface area contributed by atoms with E-state index in [4.69, 9.17) is 10.00 Å². The zero-order chi connectivity index (χ0) is 22.6. The predicted octanol–water partition coefficient (Wildman–Crippen LogP) is 4.64. The van der Waals surface area contributed by atoms with Crippen molar-refractivity contribution in [2.75, 3.05) is 13.1 Å². The Morgan fingerprint density at radius 2 is 1.85 bits per heavy atom. The molecule has 4 aromatic rings. The first kappa shape index (κ1) is 20.8. The molecule has 0 radical (unpaired) electrons. The van der Waals surface area contributed by atoms with Crippen LogP contribution in [0.4, 0.5) is 0 Å². The summed E-state index contributed by atoms with van der Waals surface area (Å²) in [4.78, 5) is 19.5. The number of ether oxygens (including phenoxy) is 1. The minimum Gasteiger partial charge on any atom is -0.490 e. The van der Waals surface area contributed by atoms with Crippen molar-refractivity contribution >= 4 is 16.9 Å². The molecule has 0 spiro atoms. The van der Waals surface area contributed by atoms with Gasteiger partial charge < -0.3 is 14.2 Å². The SMILES string of the molecule is N#Cc1cccc(OC2CCN(C(=O)c3ccc4c(c3)ncn4Cc3ccccc3)CC2)c1. The predicted molar refractivity (Wildman–Crippen MR) is 126 cm³/mol. The number of hydrogen-bond acceptors (Lipinski definition) is 4. The molecule has 1 fully saturated rings. The van der Waals surface area contributed by atoms with Gasteiger partial charge in [-0.05, 0) is 42.0 Å². The molecule has 1 aliphatic heterocycles. The van der Waals surface area contributed by atoms with Crippen LogP contribution in [-0.2, 0) is 6.54 Å². The lowest BCUT2D eigenvalue weighted by Crippen LogP contribution is -2.41. The summed E-state index contributed by atoms with van der Waals surface area (Å²) in [6.07, 6.45) is 3.39. The van der Waals surface area contributed by atoms with Crippen molar-refractivity contribution in [1.29, 1.82) is 5.26 Å². The van der Waals surface area contributed by atoms with Crippen LogP contribution in [0.5, 0.6) is 5.75 Å². The monoisotopic (exact) mass is 436 g/mol. The van der Waals surface area contributed by atoms with Gasteiger partial charge in [0.05, 0.1) is 29.0 Å². The van der Waals surface area contributed by atoms with Crippen LogP contribution >= 0.6 is 0 Å². The number of hydrogen-bond donors (Lipinski definition) is 0. The molecule has 1 amide bonds. The first-order chi connectivity index (χ1) is 16.2. The highest BCUT2D eigenvalue weighted by atomic mass is 16.5. The van der Waals surface area contributed by atoms with Crippen molar-refractivity contribution in [2.24, 2.45) is 0 Å². The van der Waals surface area contributed by atoms with Crippen molar-refractivity contribution < 1.29 is 9.53 Å². The van der Waals surface area contributed by atoms with Gasteiger partial charge in [-0.1, -0.05) is 36.4 Å². The van der Waals surface area contributed by atoms with Gasteiger partial charge in [-0.3, -0.25) is 4.79 Å². The quantitative estimate of drug-likeness (QED) is 0.457. The zero-order valence-corrected chi connectivity index (χ0v) is 18.2. The molecular weight excluding hydrogens is 412 g/mol. The van der Waals surface area contributed by atoms with Crippen LogP contribution in [0, 0.1) is 11.3 Å². The van der Waals surface area contributed by atoms with E-state index < -0.39 is 0 Å². The van der Waals surface area contributed by atoms with Gasteiger partial charge in [0, 0.05) is 38.0 Å². The summed E-state index contributed by atoms with van der Waals surface area (Å²) in [6, 6.07) is 25.4. The summed E-state index contributed by atoms with van der Waals surface area (Å²) in [7, 11) is 0. The Labute approximate surface area is 192 Å². The molecule has 0 N–H and O–H groups in total. The lowest BCUT2D eigenvalue weighted by atomic mass is 10.1. The molecule has 3 aromatic carbocycles. The summed E-state index contributed by atoms with van der Waals surface area (Å²) >= 11 is 0. The number of carbonyl (C=O) groups is 1. The van der Waals surface area contributed by atoms with Gasteiger partial charge in [-0.15, -0.1) is 0 Å². The standard InChI is InChI=1S/C27H24N4O2/c28-17-21-7-4-8-24(15-21)33-23-11-13-30(14-12-23)27(32)22-9-10-26-25(16-22)29-19-31(26)18-20-5-2-1-3-6-20/h1-10,15-16,19,23H,11-14,18H2. The van der Waals surface area contributed by atoms with E-state index in [9.17, 15) is 4.79 Å². The number of likely N-dealkylation sites (tertiary alicyclic amines) is 1. The van der Waals surface area contributed by atoms with Gasteiger partial charge in [0.1, 0.15) is 11.9 Å². The molecule has 33 heavy (non-hydrogen) atoms. The number of nitriles is 1. The van der Waals surface area contributed by atoms with Crippen LogP contribution in [0.15, 0.2) is 79.1 Å². The molecule has 6 nitrogen and oxygen atoms in total. The van der Waals surface area contributed by atoms with E-state index in [2.05, 4.69) is 27.8 Å². The van der Waals surface area contributed by atoms with Gasteiger partial charge in [-0.2, -0.15) is 5.26 Å². The van der Waals surface area contributed by atoms with E-state index in [-0.39, 0.29) is 12.0 Å². The molecule has 0 atom stereocenters. The van der Waals surface area contributed by atoms with Crippen molar-refractivity contribution in [3.05, 3.63) is 95.8 Å². The number of fused-ring (bicyclic) bond motifs is 1. The minimum absolute atomic E-state index is 0.0273. The van der Waals surface area contributed by atoms with Crippen LogP contribution in [-0.4, -0.2) is 39.6 Å². The van der Waals surface area contributed by atoms with Crippen molar-refractivity contribution in [2.45, 2.75) is 25.5 Å². The van der Waals surface area contributed by atoms with Gasteiger partial charge in [-0.25, -0.2) is 4.98 Å². The molecule has 6 heteroatoms. The Bertz CT molecular complexity index is 1310. The third kappa shape index (κ3) is 4.58. The maximum Gasteiger partial charge on any atom is 0.253 e. The average Bonchev–Trinajstić information content (AvgIpc) is 3.26. The zero-order valence-electron chi connectivity index (χ0n) is 18.2. The number of aromatic nitrogens is 2. The lowest BCUT2D eigenvalue weighted by molar-refractivity contribution is 0.0595. The highest BCUT2D eigenvalue weighted by Crippen LogP contribution is 2.22. The van der Waals surface area contributed by atoms with Crippen LogP contribution in [0.1, 0.15) is 34.3 Å². The molecule has 0 saturated carbocycles. The Hall–Kier alpha value is -4.11. The molecule has 0 bridgehead atoms. The van der Waals surface area contributed by atoms with Crippen LogP contribution in [0.3, 0.4) is 0 Å². The van der Waals surface area contributed by atoms with Gasteiger partial charge in [0.2, 0.25) is 0 Å². The highest BCUT2D eigenvalue weighted by molar-refractivity contribution is 5.97. The fraction of sp³-hybridized carbons (Fsp3) is 0.222. The first-order valence-corrected chi connectivity index (χ1v) is 11.1. The topological polar surface area (TPSA) is 71.2 Å². The van der Waals surface area contributed by atoms with Crippen molar-refractivity contribution in [1.82, 2.24) is 14.5 Å². The molecule has 2 heterocycles. The van der Waals surface area contributed by atoms with Gasteiger partial charge >= 0.3 is 0 Å². The third-order valence-corrected chi connectivity index (χ3v) is 6.06. The summed E-state index contributed by atoms with van der Waals surface area (Å²) in [5.74, 6) is 0.731. The highest BCUT2D eigenvalue weighted by Gasteiger charge is 2.25. The van der Waals surface area contributed by atoms with Crippen LogP contribution < -0.4 is 4.74 Å². The first-order valence-electron chi connectivity index (χ1n) is 11.1. The molecule has 1 aromatic heterocycles. The number of imidazole rings is 1. The fourth-order valence-corrected chi connectivity index (χ4v) is 4.29. The largest absolute Gasteiger partial charge is 0.490 e. The van der Waals surface area contributed by atoms with Gasteiger partial charge in [0.25, 0.3) is 5.91 Å². The normalized spacial score (nSPS) is 14.2. The summed E-state index contributed by atoms with van der Waals surface area (Å²) in [5.41, 5.74) is 4.30. The smallest absolute Gasteiger partial charge is 0.253 e. The van der Waals surface area contributed by atoms with Gasteiger partial charge in [0.15, 0.2) is 0 Å². The lowest BCUT2D eigenvalue weighted by Gasteiger charge is -2.32. The Kier molecular flexibility index (Phi) is 5.77. The third-order valence-electron chi connectivity index (χ3n) is 6.06. The maximum absolute atomic E-state index is 13.1. The van der Waals surface area contributed by atoms with Crippen molar-refractivity contribution in [3.63, 3.8) is 0 Å². The Morgan fingerprint density at radius 1 is 1.03 bits per heavy atom. The molecule has 164 valence electrons. The molecule has 5 rings (SSSR count). The van der Waals surface area contributed by atoms with E-state index in [1.807, 2.05) is 59.8 Å². The van der Waals surface area contributed by atoms with E-state index >= 15 is 0 Å². The molecule has 1 aliphatic rings. The molecule has 1 saturated heterocycles. The van der Waals surface area contributed by atoms with Crippen LogP contribution in [0.25, 0.3) is 11.0 Å². The summed E-state index contributed by atoms with van der Waals surface area (Å²) < 4.78 is 8.14. The Morgan fingerprint density at radius 3 is 2.64 bits per heavy atom. The molecule has 0 unspecified atom stereocenters. The van der Waals surface area contributed by atoms with Crippen LogP contribution in [0.2, 0.25) is 0 Å². The number of amides is 1. The summed E-state index contributed by atoms with van der Waals surface area (Å²) in [6.45, 7) is 2.03. The maximum atomic E-state index is 13.1. The second-order valence-electron chi connectivity index (χ2n) is 8.31. The Balaban J connectivity index is 1.22. The van der Waals surface area contributed by atoms with E-state index in [0.29, 0.717) is 30.0 Å². The number of piperidine rings is 1. The summed E-state index contributed by atoms with van der Waals surface area (Å²) in [5, 5.41) is 9.05. The van der Waals surface area contributed by atoms with E-state index in [1.54, 1.807) is 12.1 Å². The number of carbonyl (C=O) groups excluding carboxylic acids is 1. The number of benzene rings is 3. The minimum atomic E-state index is 0.0273.